The Morgan fingerprint density at radius 2 is 2.04 bits per heavy atom. The third-order valence-corrected chi connectivity index (χ3v) is 4.63. The van der Waals surface area contributed by atoms with Crippen molar-refractivity contribution in [1.29, 1.82) is 0 Å². The van der Waals surface area contributed by atoms with Crippen molar-refractivity contribution in [2.75, 3.05) is 26.2 Å². The summed E-state index contributed by atoms with van der Waals surface area (Å²) < 4.78 is 5.78. The fraction of sp³-hybridized carbons (Fsp3) is 0.706. The van der Waals surface area contributed by atoms with Crippen LogP contribution in [0.25, 0.3) is 0 Å². The fourth-order valence-electron chi connectivity index (χ4n) is 2.84. The first-order chi connectivity index (χ1) is 11.0. The van der Waals surface area contributed by atoms with Crippen LogP contribution in [0.2, 0.25) is 0 Å². The van der Waals surface area contributed by atoms with Gasteiger partial charge in [0.05, 0.1) is 6.04 Å². The number of amides is 2. The molecule has 2 heterocycles. The molecule has 0 bridgehead atoms. The molecule has 0 aliphatic carbocycles. The molecule has 3 N–H and O–H groups in total. The van der Waals surface area contributed by atoms with Gasteiger partial charge in [0.1, 0.15) is 11.5 Å². The van der Waals surface area contributed by atoms with E-state index in [4.69, 9.17) is 9.52 Å². The fourth-order valence-corrected chi connectivity index (χ4v) is 2.84. The van der Waals surface area contributed by atoms with Crippen LogP contribution in [0.3, 0.4) is 0 Å². The second-order valence-electron chi connectivity index (χ2n) is 6.51. The molecule has 23 heavy (non-hydrogen) atoms. The van der Waals surface area contributed by atoms with Gasteiger partial charge in [-0.15, -0.1) is 0 Å². The molecule has 130 valence electrons. The van der Waals surface area contributed by atoms with Gasteiger partial charge in [-0.2, -0.15) is 0 Å². The number of carbonyl (C=O) groups is 1. The van der Waals surface area contributed by atoms with Gasteiger partial charge in [0.25, 0.3) is 0 Å². The Morgan fingerprint density at radius 1 is 1.35 bits per heavy atom. The van der Waals surface area contributed by atoms with Crippen LogP contribution in [0.1, 0.15) is 44.3 Å². The number of urea groups is 1. The largest absolute Gasteiger partial charge is 0.465 e. The highest BCUT2D eigenvalue weighted by molar-refractivity contribution is 5.74. The molecule has 0 saturated carbocycles. The van der Waals surface area contributed by atoms with Gasteiger partial charge in [0.15, 0.2) is 0 Å². The van der Waals surface area contributed by atoms with Gasteiger partial charge in [-0.25, -0.2) is 4.79 Å². The van der Waals surface area contributed by atoms with Crippen molar-refractivity contribution in [2.24, 2.45) is 5.92 Å². The van der Waals surface area contributed by atoms with Crippen LogP contribution < -0.4 is 10.6 Å². The summed E-state index contributed by atoms with van der Waals surface area (Å²) >= 11 is 0. The van der Waals surface area contributed by atoms with E-state index in [1.54, 1.807) is 0 Å². The van der Waals surface area contributed by atoms with Crippen LogP contribution in [0.5, 0.6) is 0 Å². The average Bonchev–Trinajstić information content (AvgIpc) is 3.19. The molecule has 6 nitrogen and oxygen atoms in total. The first-order valence-electron chi connectivity index (χ1n) is 8.47. The minimum absolute atomic E-state index is 0.0304. The van der Waals surface area contributed by atoms with Gasteiger partial charge >= 0.3 is 6.03 Å². The lowest BCUT2D eigenvalue weighted by atomic mass is 10.1. The number of aryl methyl sites for hydroxylation is 1. The number of hydrogen-bond acceptors (Lipinski definition) is 4. The van der Waals surface area contributed by atoms with Crippen molar-refractivity contribution in [1.82, 2.24) is 15.5 Å². The van der Waals surface area contributed by atoms with Crippen molar-refractivity contribution >= 4 is 6.03 Å². The average molecular weight is 323 g/mol. The number of aliphatic hydroxyl groups excluding tert-OH is 1. The van der Waals surface area contributed by atoms with Crippen molar-refractivity contribution in [3.05, 3.63) is 23.7 Å². The van der Waals surface area contributed by atoms with E-state index in [1.165, 1.54) is 12.8 Å². The van der Waals surface area contributed by atoms with E-state index >= 15 is 0 Å². The van der Waals surface area contributed by atoms with Gasteiger partial charge < -0.3 is 20.2 Å². The Bertz CT molecular complexity index is 497. The van der Waals surface area contributed by atoms with E-state index in [9.17, 15) is 4.79 Å². The summed E-state index contributed by atoms with van der Waals surface area (Å²) in [6.45, 7) is 8.38. The molecule has 2 rings (SSSR count). The standard InChI is InChI=1S/C17H29N3O3/c1-12(11-21)14(3)19-17(22)18-10-15(20-8-4-5-9-20)16-7-6-13(2)23-16/h6-7,12,14-15,21H,4-5,8-11H2,1-3H3,(H2,18,19,22). The van der Waals surface area contributed by atoms with Gasteiger partial charge in [-0.1, -0.05) is 6.92 Å². The topological polar surface area (TPSA) is 77.7 Å². The molecule has 1 fully saturated rings. The van der Waals surface area contributed by atoms with Crippen molar-refractivity contribution in [3.63, 3.8) is 0 Å². The number of furan rings is 1. The molecule has 6 heteroatoms. The van der Waals surface area contributed by atoms with Crippen LogP contribution in [0.15, 0.2) is 16.5 Å². The lowest BCUT2D eigenvalue weighted by Crippen LogP contribution is -2.46. The van der Waals surface area contributed by atoms with Crippen LogP contribution >= 0.6 is 0 Å². The maximum atomic E-state index is 12.1. The summed E-state index contributed by atoms with van der Waals surface area (Å²) in [5.74, 6) is 1.82. The Morgan fingerprint density at radius 3 is 2.61 bits per heavy atom. The molecule has 0 aromatic carbocycles. The molecular formula is C17H29N3O3. The predicted octanol–water partition coefficient (Wildman–Crippen LogP) is 2.04. The van der Waals surface area contributed by atoms with Crippen molar-refractivity contribution in [2.45, 2.75) is 45.7 Å². The molecule has 1 aliphatic rings. The molecule has 1 aliphatic heterocycles. The van der Waals surface area contributed by atoms with Crippen LogP contribution in [-0.4, -0.2) is 48.3 Å². The molecule has 0 spiro atoms. The smallest absolute Gasteiger partial charge is 0.315 e. The molecule has 3 atom stereocenters. The molecule has 0 radical (unpaired) electrons. The van der Waals surface area contributed by atoms with Gasteiger partial charge in [0, 0.05) is 19.2 Å². The Hall–Kier alpha value is -1.53. The number of hydrogen-bond donors (Lipinski definition) is 3. The first-order valence-corrected chi connectivity index (χ1v) is 8.47. The van der Waals surface area contributed by atoms with Gasteiger partial charge in [0.2, 0.25) is 0 Å². The monoisotopic (exact) mass is 323 g/mol. The SMILES string of the molecule is Cc1ccc(C(CNC(=O)NC(C)C(C)CO)N2CCCC2)o1. The highest BCUT2D eigenvalue weighted by Gasteiger charge is 2.26. The van der Waals surface area contributed by atoms with Crippen LogP contribution in [0, 0.1) is 12.8 Å². The maximum absolute atomic E-state index is 12.1. The number of likely N-dealkylation sites (tertiary alicyclic amines) is 1. The number of nitrogens with one attached hydrogen (secondary N) is 2. The number of nitrogens with zero attached hydrogens (tertiary/aromatic N) is 1. The summed E-state index contributed by atoms with van der Waals surface area (Å²) in [5, 5.41) is 15.0. The summed E-state index contributed by atoms with van der Waals surface area (Å²) in [6, 6.07) is 3.75. The zero-order chi connectivity index (χ0) is 16.8. The maximum Gasteiger partial charge on any atom is 0.315 e. The van der Waals surface area contributed by atoms with E-state index in [2.05, 4.69) is 15.5 Å². The Labute approximate surface area is 138 Å². The van der Waals surface area contributed by atoms with E-state index in [1.807, 2.05) is 32.9 Å². The van der Waals surface area contributed by atoms with Gasteiger partial charge in [-0.05, 0) is 57.8 Å². The van der Waals surface area contributed by atoms with E-state index in [-0.39, 0.29) is 30.6 Å². The van der Waals surface area contributed by atoms with Gasteiger partial charge in [-0.3, -0.25) is 4.90 Å². The molecule has 2 amide bonds. The van der Waals surface area contributed by atoms with E-state index < -0.39 is 0 Å². The Kier molecular flexibility index (Phi) is 6.47. The summed E-state index contributed by atoms with van der Waals surface area (Å²) in [4.78, 5) is 14.4. The molecule has 1 aromatic heterocycles. The third-order valence-electron chi connectivity index (χ3n) is 4.63. The first kappa shape index (κ1) is 17.8. The predicted molar refractivity (Wildman–Crippen MR) is 89.2 cm³/mol. The van der Waals surface area contributed by atoms with Crippen molar-refractivity contribution < 1.29 is 14.3 Å². The lowest BCUT2D eigenvalue weighted by Gasteiger charge is -2.27. The summed E-state index contributed by atoms with van der Waals surface area (Å²) in [5.41, 5.74) is 0. The van der Waals surface area contributed by atoms with Crippen LogP contribution in [-0.2, 0) is 0 Å². The second kappa shape index (κ2) is 8.36. The summed E-state index contributed by atoms with van der Waals surface area (Å²) in [6.07, 6.45) is 2.38. The normalized spacial score (nSPS) is 19.3. The highest BCUT2D eigenvalue weighted by atomic mass is 16.3. The van der Waals surface area contributed by atoms with E-state index in [0.717, 1.165) is 24.6 Å². The third kappa shape index (κ3) is 4.97. The van der Waals surface area contributed by atoms with Crippen molar-refractivity contribution in [3.8, 4) is 0 Å². The molecular weight excluding hydrogens is 294 g/mol. The van der Waals surface area contributed by atoms with Crippen LogP contribution in [0.4, 0.5) is 4.79 Å². The number of carbonyl (C=O) groups excluding carboxylic acids is 1. The highest BCUT2D eigenvalue weighted by Crippen LogP contribution is 2.26. The minimum atomic E-state index is -0.203. The quantitative estimate of drug-likeness (QED) is 0.717. The van der Waals surface area contributed by atoms with E-state index in [0.29, 0.717) is 6.54 Å². The zero-order valence-electron chi connectivity index (χ0n) is 14.3. The summed E-state index contributed by atoms with van der Waals surface area (Å²) in [7, 11) is 0. The number of rotatable bonds is 7. The second-order valence-corrected chi connectivity index (χ2v) is 6.51. The molecule has 1 aromatic rings. The lowest BCUT2D eigenvalue weighted by molar-refractivity contribution is 0.190. The molecule has 3 unspecified atom stereocenters. The number of aliphatic hydroxyl groups is 1. The molecule has 1 saturated heterocycles. The zero-order valence-corrected chi connectivity index (χ0v) is 14.3. The Balaban J connectivity index is 1.92. The minimum Gasteiger partial charge on any atom is -0.465 e.